The van der Waals surface area contributed by atoms with E-state index in [-0.39, 0.29) is 6.10 Å². The van der Waals surface area contributed by atoms with Gasteiger partial charge < -0.3 is 14.9 Å². The molecular weight excluding hydrogens is 336 g/mol. The molecular formula is C24H40O3. The molecule has 0 heterocycles. The summed E-state index contributed by atoms with van der Waals surface area (Å²) in [6, 6.07) is 0. The van der Waals surface area contributed by atoms with Crippen LogP contribution in [0.4, 0.5) is 0 Å². The van der Waals surface area contributed by atoms with E-state index in [4.69, 9.17) is 4.74 Å². The fourth-order valence-corrected chi connectivity index (χ4v) is 7.41. The van der Waals surface area contributed by atoms with E-state index in [1.54, 1.807) is 5.57 Å². The smallest absolute Gasteiger partial charge is 0.0657 e. The van der Waals surface area contributed by atoms with Crippen LogP contribution in [0.2, 0.25) is 0 Å². The number of aliphatic hydroxyl groups is 2. The van der Waals surface area contributed by atoms with E-state index in [0.29, 0.717) is 23.5 Å². The van der Waals surface area contributed by atoms with Gasteiger partial charge in [0.2, 0.25) is 0 Å². The largest absolute Gasteiger partial charge is 0.393 e. The number of hydrogen-bond acceptors (Lipinski definition) is 3. The van der Waals surface area contributed by atoms with Crippen molar-refractivity contribution in [2.45, 2.75) is 103 Å². The number of fused-ring (bicyclic) bond motifs is 5. The first kappa shape index (κ1) is 19.9. The summed E-state index contributed by atoms with van der Waals surface area (Å²) in [6.07, 6.45) is 12.6. The Bertz CT molecular complexity index is 594. The highest BCUT2D eigenvalue weighted by Gasteiger charge is 2.59. The van der Waals surface area contributed by atoms with E-state index in [0.717, 1.165) is 43.4 Å². The second kappa shape index (κ2) is 6.85. The standard InChI is InChI=1S/C24H40O3/c1-16(25)10-14-27-21-8-7-19-18-6-5-17-15-22(2,26)12-13-23(17,3)20(18)9-11-24(19,21)4/h5,16,18-21,25-26H,6-15H2,1-4H3/t16?,18?,19?,20?,21-,22-,23-,24-/m0/s1. The summed E-state index contributed by atoms with van der Waals surface area (Å²) in [5.41, 5.74) is 1.66. The number of allylic oxidation sites excluding steroid dienone is 1. The highest BCUT2D eigenvalue weighted by Crippen LogP contribution is 2.65. The first-order valence-corrected chi connectivity index (χ1v) is 11.4. The summed E-state index contributed by atoms with van der Waals surface area (Å²) in [7, 11) is 0. The van der Waals surface area contributed by atoms with Gasteiger partial charge in [-0.1, -0.05) is 25.5 Å². The quantitative estimate of drug-likeness (QED) is 0.689. The maximum absolute atomic E-state index is 10.6. The van der Waals surface area contributed by atoms with Crippen LogP contribution in [-0.2, 0) is 4.74 Å². The summed E-state index contributed by atoms with van der Waals surface area (Å²) < 4.78 is 6.32. The maximum Gasteiger partial charge on any atom is 0.0657 e. The average Bonchev–Trinajstić information content (AvgIpc) is 2.92. The van der Waals surface area contributed by atoms with Gasteiger partial charge in [-0.05, 0) is 100 Å². The zero-order chi connectivity index (χ0) is 19.4. The van der Waals surface area contributed by atoms with Crippen LogP contribution >= 0.6 is 0 Å². The molecule has 0 spiro atoms. The van der Waals surface area contributed by atoms with Gasteiger partial charge in [0, 0.05) is 6.61 Å². The fraction of sp³-hybridized carbons (Fsp3) is 0.917. The first-order chi connectivity index (χ1) is 12.7. The first-order valence-electron chi connectivity index (χ1n) is 11.4. The zero-order valence-corrected chi connectivity index (χ0v) is 17.8. The predicted octanol–water partition coefficient (Wildman–Crippen LogP) is 4.86. The third-order valence-electron chi connectivity index (χ3n) is 9.15. The van der Waals surface area contributed by atoms with Crippen molar-refractivity contribution in [3.05, 3.63) is 11.6 Å². The molecule has 8 atom stereocenters. The Morgan fingerprint density at radius 2 is 1.89 bits per heavy atom. The molecule has 4 unspecified atom stereocenters. The van der Waals surface area contributed by atoms with Gasteiger partial charge in [0.25, 0.3) is 0 Å². The predicted molar refractivity (Wildman–Crippen MR) is 108 cm³/mol. The van der Waals surface area contributed by atoms with E-state index < -0.39 is 5.60 Å². The van der Waals surface area contributed by atoms with Gasteiger partial charge in [0.15, 0.2) is 0 Å². The monoisotopic (exact) mass is 376 g/mol. The molecule has 27 heavy (non-hydrogen) atoms. The second-order valence-corrected chi connectivity index (χ2v) is 11.1. The van der Waals surface area contributed by atoms with Crippen molar-refractivity contribution in [1.29, 1.82) is 0 Å². The van der Waals surface area contributed by atoms with Crippen molar-refractivity contribution in [2.24, 2.45) is 28.6 Å². The lowest BCUT2D eigenvalue weighted by atomic mass is 9.47. The molecule has 0 aliphatic heterocycles. The third kappa shape index (κ3) is 3.32. The average molecular weight is 377 g/mol. The molecule has 0 aromatic rings. The molecule has 154 valence electrons. The molecule has 3 heteroatoms. The summed E-state index contributed by atoms with van der Waals surface area (Å²) in [5, 5.41) is 20.1. The van der Waals surface area contributed by atoms with Crippen molar-refractivity contribution in [3.8, 4) is 0 Å². The molecule has 0 bridgehead atoms. The molecule has 3 saturated carbocycles. The van der Waals surface area contributed by atoms with Gasteiger partial charge in [-0.25, -0.2) is 0 Å². The third-order valence-corrected chi connectivity index (χ3v) is 9.15. The molecule has 3 nitrogen and oxygen atoms in total. The van der Waals surface area contributed by atoms with E-state index >= 15 is 0 Å². The second-order valence-electron chi connectivity index (χ2n) is 11.1. The lowest BCUT2D eigenvalue weighted by molar-refractivity contribution is -0.101. The highest BCUT2D eigenvalue weighted by atomic mass is 16.5. The van der Waals surface area contributed by atoms with Crippen LogP contribution in [0.3, 0.4) is 0 Å². The molecule has 2 N–H and O–H groups in total. The Morgan fingerprint density at radius 1 is 1.11 bits per heavy atom. The van der Waals surface area contributed by atoms with Crippen LogP contribution in [0.25, 0.3) is 0 Å². The van der Waals surface area contributed by atoms with E-state index in [9.17, 15) is 10.2 Å². The molecule has 4 aliphatic rings. The van der Waals surface area contributed by atoms with Gasteiger partial charge in [-0.3, -0.25) is 0 Å². The molecule has 0 aromatic carbocycles. The van der Waals surface area contributed by atoms with Crippen LogP contribution in [0, 0.1) is 28.6 Å². The minimum Gasteiger partial charge on any atom is -0.393 e. The maximum atomic E-state index is 10.6. The van der Waals surface area contributed by atoms with Crippen molar-refractivity contribution in [3.63, 3.8) is 0 Å². The minimum absolute atomic E-state index is 0.267. The molecule has 4 aliphatic carbocycles. The Kier molecular flexibility index (Phi) is 5.05. The van der Waals surface area contributed by atoms with E-state index in [1.807, 2.05) is 13.8 Å². The van der Waals surface area contributed by atoms with Crippen LogP contribution < -0.4 is 0 Å². The lowest BCUT2D eigenvalue weighted by Gasteiger charge is -2.58. The summed E-state index contributed by atoms with van der Waals surface area (Å²) in [6.45, 7) is 9.54. The number of rotatable bonds is 4. The topological polar surface area (TPSA) is 49.7 Å². The molecule has 0 aromatic heterocycles. The number of aliphatic hydroxyl groups excluding tert-OH is 1. The van der Waals surface area contributed by atoms with Gasteiger partial charge in [0.1, 0.15) is 0 Å². The van der Waals surface area contributed by atoms with Gasteiger partial charge in [-0.2, -0.15) is 0 Å². The highest BCUT2D eigenvalue weighted by molar-refractivity contribution is 5.26. The summed E-state index contributed by atoms with van der Waals surface area (Å²) in [4.78, 5) is 0. The molecule has 0 amide bonds. The van der Waals surface area contributed by atoms with E-state index in [2.05, 4.69) is 19.9 Å². The van der Waals surface area contributed by atoms with Crippen molar-refractivity contribution in [2.75, 3.05) is 6.61 Å². The fourth-order valence-electron chi connectivity index (χ4n) is 7.41. The Morgan fingerprint density at radius 3 is 2.63 bits per heavy atom. The normalized spacial score (nSPS) is 50.4. The summed E-state index contributed by atoms with van der Waals surface area (Å²) in [5.74, 6) is 2.33. The summed E-state index contributed by atoms with van der Waals surface area (Å²) >= 11 is 0. The van der Waals surface area contributed by atoms with Gasteiger partial charge in [0.05, 0.1) is 17.8 Å². The van der Waals surface area contributed by atoms with Crippen molar-refractivity contribution >= 4 is 0 Å². The minimum atomic E-state index is -0.502. The van der Waals surface area contributed by atoms with E-state index in [1.165, 1.54) is 32.1 Å². The van der Waals surface area contributed by atoms with Crippen LogP contribution in [0.5, 0.6) is 0 Å². The van der Waals surface area contributed by atoms with Crippen molar-refractivity contribution in [1.82, 2.24) is 0 Å². The molecule has 4 rings (SSSR count). The molecule has 3 fully saturated rings. The van der Waals surface area contributed by atoms with Crippen LogP contribution in [0.15, 0.2) is 11.6 Å². The SMILES string of the molecule is CC(O)CCO[C@H]1CCC2C3CC=C4C[C@@](C)(O)CC[C@]4(C)C3CC[C@@]21C. The molecule has 0 radical (unpaired) electrons. The van der Waals surface area contributed by atoms with Gasteiger partial charge >= 0.3 is 0 Å². The Balaban J connectivity index is 1.51. The Hall–Kier alpha value is -0.380. The number of ether oxygens (including phenoxy) is 1. The van der Waals surface area contributed by atoms with Gasteiger partial charge in [-0.15, -0.1) is 0 Å². The molecule has 0 saturated heterocycles. The lowest BCUT2D eigenvalue weighted by Crippen LogP contribution is -2.52. The van der Waals surface area contributed by atoms with Crippen LogP contribution in [0.1, 0.15) is 85.5 Å². The van der Waals surface area contributed by atoms with Crippen LogP contribution in [-0.4, -0.2) is 34.6 Å². The zero-order valence-electron chi connectivity index (χ0n) is 17.8. The number of hydrogen-bond donors (Lipinski definition) is 2. The van der Waals surface area contributed by atoms with Crippen molar-refractivity contribution < 1.29 is 14.9 Å². The Labute approximate surface area is 165 Å².